The van der Waals surface area contributed by atoms with Crippen molar-refractivity contribution in [1.29, 1.82) is 0 Å². The Bertz CT molecular complexity index is 718. The van der Waals surface area contributed by atoms with Crippen LogP contribution in [0.2, 0.25) is 5.15 Å². The van der Waals surface area contributed by atoms with Crippen LogP contribution in [-0.4, -0.2) is 70.7 Å². The van der Waals surface area contributed by atoms with E-state index in [9.17, 15) is 19.1 Å². The minimum absolute atomic E-state index is 0.0696. The van der Waals surface area contributed by atoms with Crippen LogP contribution < -0.4 is 0 Å². The van der Waals surface area contributed by atoms with E-state index in [0.29, 0.717) is 19.6 Å². The number of nitrogens with zero attached hydrogens (tertiary/aromatic N) is 3. The number of carboxylic acids is 1. The van der Waals surface area contributed by atoms with Crippen molar-refractivity contribution in [2.45, 2.75) is 45.3 Å². The molecular weight excluding hydrogens is 389 g/mol. The van der Waals surface area contributed by atoms with E-state index in [-0.39, 0.29) is 35.3 Å². The van der Waals surface area contributed by atoms with Gasteiger partial charge in [0.25, 0.3) is 0 Å². The highest BCUT2D eigenvalue weighted by atomic mass is 35.5. The van der Waals surface area contributed by atoms with Crippen molar-refractivity contribution in [2.24, 2.45) is 5.92 Å². The Morgan fingerprint density at radius 2 is 2.07 bits per heavy atom. The van der Waals surface area contributed by atoms with Gasteiger partial charge in [-0.05, 0) is 25.5 Å². The topological polar surface area (TPSA) is 83.0 Å². The first-order chi connectivity index (χ1) is 13.2. The fraction of sp³-hybridized carbons (Fsp3) is 0.632. The fourth-order valence-corrected chi connectivity index (χ4v) is 3.78. The second-order valence-corrected chi connectivity index (χ2v) is 7.74. The number of rotatable bonds is 7. The number of hydrogen-bond donors (Lipinski definition) is 1. The number of methoxy groups -OCH3 is 1. The predicted molar refractivity (Wildman–Crippen MR) is 103 cm³/mol. The third-order valence-electron chi connectivity index (χ3n) is 4.94. The van der Waals surface area contributed by atoms with E-state index < -0.39 is 23.9 Å². The molecule has 0 spiro atoms. The van der Waals surface area contributed by atoms with Crippen LogP contribution in [0.15, 0.2) is 12.1 Å². The van der Waals surface area contributed by atoms with Gasteiger partial charge >= 0.3 is 5.97 Å². The minimum atomic E-state index is -1.09. The molecule has 9 heteroatoms. The average molecular weight is 416 g/mol. The van der Waals surface area contributed by atoms with Gasteiger partial charge in [0, 0.05) is 38.8 Å². The molecule has 3 atom stereocenters. The summed E-state index contributed by atoms with van der Waals surface area (Å²) in [5.74, 6) is -2.12. The molecule has 0 aliphatic carbocycles. The van der Waals surface area contributed by atoms with Gasteiger partial charge in [0.2, 0.25) is 5.91 Å². The summed E-state index contributed by atoms with van der Waals surface area (Å²) in [7, 11) is 1.54. The summed E-state index contributed by atoms with van der Waals surface area (Å²) in [5.41, 5.74) is 0.157. The molecule has 0 aromatic carbocycles. The molecule has 0 unspecified atom stereocenters. The van der Waals surface area contributed by atoms with Crippen molar-refractivity contribution in [3.05, 3.63) is 28.8 Å². The molecule has 1 aliphatic heterocycles. The number of carbonyl (C=O) groups excluding carboxylic acids is 1. The first kappa shape index (κ1) is 22.5. The van der Waals surface area contributed by atoms with Crippen molar-refractivity contribution < 1.29 is 23.8 Å². The SMILES string of the molecule is COCC[C@H](c1nc(Cl)ccc1F)N1C[C@@H](C)N(C(=O)C(C)C)[C@@H](C(=O)O)C1. The zero-order valence-corrected chi connectivity index (χ0v) is 17.3. The number of aliphatic carboxylic acids is 1. The maximum atomic E-state index is 14.5. The number of carbonyl (C=O) groups is 2. The third kappa shape index (κ3) is 4.98. The third-order valence-corrected chi connectivity index (χ3v) is 5.15. The lowest BCUT2D eigenvalue weighted by atomic mass is 9.99. The molecule has 1 fully saturated rings. The Balaban J connectivity index is 2.38. The van der Waals surface area contributed by atoms with Gasteiger partial charge in [-0.3, -0.25) is 9.69 Å². The summed E-state index contributed by atoms with van der Waals surface area (Å²) in [6.07, 6.45) is 0.415. The van der Waals surface area contributed by atoms with Crippen molar-refractivity contribution >= 4 is 23.5 Å². The van der Waals surface area contributed by atoms with Crippen LogP contribution >= 0.6 is 11.6 Å². The van der Waals surface area contributed by atoms with Gasteiger partial charge in [0.05, 0.1) is 11.7 Å². The van der Waals surface area contributed by atoms with Crippen LogP contribution in [0.3, 0.4) is 0 Å². The molecule has 1 aromatic heterocycles. The van der Waals surface area contributed by atoms with Crippen LogP contribution in [-0.2, 0) is 14.3 Å². The number of aromatic nitrogens is 1. The fourth-order valence-electron chi connectivity index (χ4n) is 3.63. The number of carboxylic acid groups (broad SMARTS) is 1. The minimum Gasteiger partial charge on any atom is -0.480 e. The van der Waals surface area contributed by atoms with Crippen LogP contribution in [0.5, 0.6) is 0 Å². The summed E-state index contributed by atoms with van der Waals surface area (Å²) < 4.78 is 19.7. The lowest BCUT2D eigenvalue weighted by Crippen LogP contribution is -2.63. The van der Waals surface area contributed by atoms with Crippen molar-refractivity contribution in [2.75, 3.05) is 26.8 Å². The van der Waals surface area contributed by atoms with E-state index in [1.54, 1.807) is 27.9 Å². The van der Waals surface area contributed by atoms with Gasteiger partial charge in [0.1, 0.15) is 17.0 Å². The maximum Gasteiger partial charge on any atom is 0.327 e. The van der Waals surface area contributed by atoms with Gasteiger partial charge in [-0.1, -0.05) is 25.4 Å². The van der Waals surface area contributed by atoms with Crippen molar-refractivity contribution in [3.63, 3.8) is 0 Å². The van der Waals surface area contributed by atoms with Gasteiger partial charge in [0.15, 0.2) is 0 Å². The molecule has 1 aromatic rings. The molecule has 156 valence electrons. The molecule has 28 heavy (non-hydrogen) atoms. The summed E-state index contributed by atoms with van der Waals surface area (Å²) in [6.45, 7) is 6.09. The maximum absolute atomic E-state index is 14.5. The largest absolute Gasteiger partial charge is 0.480 e. The Hall–Kier alpha value is -1.77. The Morgan fingerprint density at radius 3 is 2.64 bits per heavy atom. The molecule has 2 heterocycles. The second kappa shape index (κ2) is 9.62. The highest BCUT2D eigenvalue weighted by Crippen LogP contribution is 2.31. The predicted octanol–water partition coefficient (Wildman–Crippen LogP) is 2.59. The molecule has 1 aliphatic rings. The van der Waals surface area contributed by atoms with E-state index in [4.69, 9.17) is 16.3 Å². The first-order valence-corrected chi connectivity index (χ1v) is 9.65. The van der Waals surface area contributed by atoms with Crippen molar-refractivity contribution in [3.8, 4) is 0 Å². The normalized spacial score (nSPS) is 21.8. The van der Waals surface area contributed by atoms with E-state index in [1.807, 2.05) is 4.90 Å². The molecule has 0 saturated carbocycles. The van der Waals surface area contributed by atoms with Gasteiger partial charge in [-0.25, -0.2) is 14.2 Å². The van der Waals surface area contributed by atoms with Gasteiger partial charge in [-0.15, -0.1) is 0 Å². The summed E-state index contributed by atoms with van der Waals surface area (Å²) in [5, 5.41) is 9.91. The Kier molecular flexibility index (Phi) is 7.74. The second-order valence-electron chi connectivity index (χ2n) is 7.36. The number of piperazine rings is 1. The molecule has 1 amide bonds. The number of ether oxygens (including phenoxy) is 1. The van der Waals surface area contributed by atoms with E-state index in [0.717, 1.165) is 0 Å². The molecular formula is C19H27ClFN3O4. The van der Waals surface area contributed by atoms with E-state index in [2.05, 4.69) is 4.98 Å². The Labute approximate surface area is 169 Å². The summed E-state index contributed by atoms with van der Waals surface area (Å²) in [4.78, 5) is 31.9. The number of amides is 1. The van der Waals surface area contributed by atoms with E-state index >= 15 is 0 Å². The number of halogens is 2. The van der Waals surface area contributed by atoms with Gasteiger partial charge in [-0.2, -0.15) is 0 Å². The van der Waals surface area contributed by atoms with Crippen LogP contribution in [0.1, 0.15) is 38.9 Å². The highest BCUT2D eigenvalue weighted by molar-refractivity contribution is 6.29. The monoisotopic (exact) mass is 415 g/mol. The quantitative estimate of drug-likeness (QED) is 0.689. The van der Waals surface area contributed by atoms with Crippen LogP contribution in [0.25, 0.3) is 0 Å². The lowest BCUT2D eigenvalue weighted by Gasteiger charge is -2.47. The van der Waals surface area contributed by atoms with Crippen LogP contribution in [0.4, 0.5) is 4.39 Å². The number of hydrogen-bond acceptors (Lipinski definition) is 5. The summed E-state index contributed by atoms with van der Waals surface area (Å²) >= 11 is 5.97. The van der Waals surface area contributed by atoms with Gasteiger partial charge < -0.3 is 14.7 Å². The lowest BCUT2D eigenvalue weighted by molar-refractivity contribution is -0.159. The molecule has 2 rings (SSSR count). The molecule has 1 saturated heterocycles. The van der Waals surface area contributed by atoms with Crippen molar-refractivity contribution in [1.82, 2.24) is 14.8 Å². The Morgan fingerprint density at radius 1 is 1.39 bits per heavy atom. The highest BCUT2D eigenvalue weighted by Gasteiger charge is 2.42. The number of pyridine rings is 1. The molecule has 7 nitrogen and oxygen atoms in total. The van der Waals surface area contributed by atoms with Crippen LogP contribution in [0, 0.1) is 11.7 Å². The smallest absolute Gasteiger partial charge is 0.327 e. The summed E-state index contributed by atoms with van der Waals surface area (Å²) in [6, 6.07) is 0.735. The zero-order chi connectivity index (χ0) is 21.0. The first-order valence-electron chi connectivity index (χ1n) is 9.27. The zero-order valence-electron chi connectivity index (χ0n) is 16.6. The molecule has 0 bridgehead atoms. The average Bonchev–Trinajstić information content (AvgIpc) is 2.63. The van der Waals surface area contributed by atoms with E-state index in [1.165, 1.54) is 17.0 Å². The molecule has 1 N–H and O–H groups in total. The molecule has 0 radical (unpaired) electrons. The standard InChI is InChI=1S/C19H27ClFN3O4/c1-11(2)18(25)24-12(3)9-23(10-15(24)19(26)27)14(7-8-28-4)17-13(21)5-6-16(20)22-17/h5-6,11-12,14-15H,7-10H2,1-4H3,(H,26,27)/t12-,14-,15-/m1/s1.